The molecule has 1 aliphatic rings. The lowest BCUT2D eigenvalue weighted by Gasteiger charge is -2.16. The van der Waals surface area contributed by atoms with Crippen LogP contribution in [0, 0.1) is 0 Å². The molecule has 0 bridgehead atoms. The zero-order chi connectivity index (χ0) is 10.7. The van der Waals surface area contributed by atoms with Crippen molar-refractivity contribution in [1.29, 1.82) is 0 Å². The van der Waals surface area contributed by atoms with E-state index >= 15 is 0 Å². The summed E-state index contributed by atoms with van der Waals surface area (Å²) in [5, 5.41) is 0. The molecule has 0 atom stereocenters. The summed E-state index contributed by atoms with van der Waals surface area (Å²) in [6.45, 7) is 2.53. The van der Waals surface area contributed by atoms with Gasteiger partial charge in [-0.1, -0.05) is 0 Å². The zero-order valence-electron chi connectivity index (χ0n) is 8.94. The maximum atomic E-state index is 5.72. The Bertz CT molecular complexity index is 336. The molecule has 0 radical (unpaired) electrons. The highest BCUT2D eigenvalue weighted by atomic mass is 16.5. The summed E-state index contributed by atoms with van der Waals surface area (Å²) < 4.78 is 5.04. The third-order valence-electron chi connectivity index (χ3n) is 2.47. The van der Waals surface area contributed by atoms with Gasteiger partial charge in [0.05, 0.1) is 12.3 Å². The SMILES string of the molecule is COCc1cc(N)nc(N2CCCC2)n1. The second kappa shape index (κ2) is 4.44. The first-order valence-electron chi connectivity index (χ1n) is 5.17. The van der Waals surface area contributed by atoms with Crippen LogP contribution in [0.15, 0.2) is 6.07 Å². The van der Waals surface area contributed by atoms with E-state index in [-0.39, 0.29) is 0 Å². The Balaban J connectivity index is 2.22. The molecule has 5 nitrogen and oxygen atoms in total. The first kappa shape index (κ1) is 10.2. The van der Waals surface area contributed by atoms with Crippen molar-refractivity contribution in [2.45, 2.75) is 19.4 Å². The molecule has 0 unspecified atom stereocenters. The average molecular weight is 208 g/mol. The molecule has 0 amide bonds. The van der Waals surface area contributed by atoms with Gasteiger partial charge in [0.15, 0.2) is 0 Å². The maximum absolute atomic E-state index is 5.72. The third-order valence-corrected chi connectivity index (χ3v) is 2.47. The number of nitrogens with two attached hydrogens (primary N) is 1. The van der Waals surface area contributed by atoms with Crippen molar-refractivity contribution < 1.29 is 4.74 Å². The number of methoxy groups -OCH3 is 1. The maximum Gasteiger partial charge on any atom is 0.227 e. The second-order valence-corrected chi connectivity index (χ2v) is 3.71. The fourth-order valence-corrected chi connectivity index (χ4v) is 1.78. The monoisotopic (exact) mass is 208 g/mol. The van der Waals surface area contributed by atoms with Crippen LogP contribution in [0.5, 0.6) is 0 Å². The number of anilines is 2. The molecule has 0 aromatic carbocycles. The van der Waals surface area contributed by atoms with Crippen LogP contribution in [0.3, 0.4) is 0 Å². The molecular weight excluding hydrogens is 192 g/mol. The van der Waals surface area contributed by atoms with Crippen LogP contribution in [0.25, 0.3) is 0 Å². The van der Waals surface area contributed by atoms with Crippen LogP contribution in [0.4, 0.5) is 11.8 Å². The molecule has 0 spiro atoms. The molecule has 1 aromatic rings. The van der Waals surface area contributed by atoms with E-state index in [1.165, 1.54) is 12.8 Å². The lowest BCUT2D eigenvalue weighted by Crippen LogP contribution is -2.21. The summed E-state index contributed by atoms with van der Waals surface area (Å²) in [5.41, 5.74) is 6.56. The number of hydrogen-bond donors (Lipinski definition) is 1. The molecule has 1 saturated heterocycles. The quantitative estimate of drug-likeness (QED) is 0.796. The third kappa shape index (κ3) is 2.36. The summed E-state index contributed by atoms with van der Waals surface area (Å²) in [4.78, 5) is 10.8. The molecule has 2 heterocycles. The van der Waals surface area contributed by atoms with Crippen LogP contribution in [-0.4, -0.2) is 30.2 Å². The minimum Gasteiger partial charge on any atom is -0.384 e. The van der Waals surface area contributed by atoms with Crippen molar-refractivity contribution in [2.75, 3.05) is 30.8 Å². The lowest BCUT2D eigenvalue weighted by molar-refractivity contribution is 0.181. The van der Waals surface area contributed by atoms with Crippen molar-refractivity contribution in [1.82, 2.24) is 9.97 Å². The number of nitrogen functional groups attached to an aromatic ring is 1. The van der Waals surface area contributed by atoms with Crippen molar-refractivity contribution in [3.8, 4) is 0 Å². The lowest BCUT2D eigenvalue weighted by atomic mass is 10.4. The summed E-state index contributed by atoms with van der Waals surface area (Å²) in [6, 6.07) is 1.75. The molecule has 1 aliphatic heterocycles. The van der Waals surface area contributed by atoms with Gasteiger partial charge < -0.3 is 15.4 Å². The number of hydrogen-bond acceptors (Lipinski definition) is 5. The molecule has 0 aliphatic carbocycles. The highest BCUT2D eigenvalue weighted by molar-refractivity contribution is 5.41. The van der Waals surface area contributed by atoms with Crippen LogP contribution >= 0.6 is 0 Å². The number of nitrogens with zero attached hydrogens (tertiary/aromatic N) is 3. The fraction of sp³-hybridized carbons (Fsp3) is 0.600. The van der Waals surface area contributed by atoms with Gasteiger partial charge in [-0.05, 0) is 12.8 Å². The molecular formula is C10H16N4O. The van der Waals surface area contributed by atoms with Gasteiger partial charge in [0, 0.05) is 26.3 Å². The molecule has 5 heteroatoms. The standard InChI is InChI=1S/C10H16N4O/c1-15-7-8-6-9(11)13-10(12-8)14-4-2-3-5-14/h6H,2-5,7H2,1H3,(H2,11,12,13). The van der Waals surface area contributed by atoms with E-state index in [1.807, 2.05) is 0 Å². The molecule has 1 fully saturated rings. The van der Waals surface area contributed by atoms with E-state index in [2.05, 4.69) is 14.9 Å². The molecule has 15 heavy (non-hydrogen) atoms. The van der Waals surface area contributed by atoms with Gasteiger partial charge in [-0.2, -0.15) is 4.98 Å². The minimum atomic E-state index is 0.480. The Morgan fingerprint density at radius 2 is 2.13 bits per heavy atom. The van der Waals surface area contributed by atoms with Gasteiger partial charge >= 0.3 is 0 Å². The normalized spacial score (nSPS) is 15.9. The Kier molecular flexibility index (Phi) is 3.01. The van der Waals surface area contributed by atoms with E-state index in [1.54, 1.807) is 13.2 Å². The first-order valence-corrected chi connectivity index (χ1v) is 5.17. The molecule has 2 N–H and O–H groups in total. The number of ether oxygens (including phenoxy) is 1. The van der Waals surface area contributed by atoms with Crippen molar-refractivity contribution >= 4 is 11.8 Å². The smallest absolute Gasteiger partial charge is 0.227 e. The largest absolute Gasteiger partial charge is 0.384 e. The second-order valence-electron chi connectivity index (χ2n) is 3.71. The van der Waals surface area contributed by atoms with Crippen molar-refractivity contribution in [3.63, 3.8) is 0 Å². The average Bonchev–Trinajstić information content (AvgIpc) is 2.70. The Morgan fingerprint density at radius 1 is 1.40 bits per heavy atom. The Morgan fingerprint density at radius 3 is 2.80 bits per heavy atom. The zero-order valence-corrected chi connectivity index (χ0v) is 8.94. The molecule has 0 saturated carbocycles. The summed E-state index contributed by atoms with van der Waals surface area (Å²) in [7, 11) is 1.65. The Labute approximate surface area is 89.3 Å². The van der Waals surface area contributed by atoms with E-state index in [0.717, 1.165) is 24.7 Å². The van der Waals surface area contributed by atoms with E-state index in [4.69, 9.17) is 10.5 Å². The van der Waals surface area contributed by atoms with Crippen LogP contribution in [0.2, 0.25) is 0 Å². The highest BCUT2D eigenvalue weighted by Gasteiger charge is 2.15. The van der Waals surface area contributed by atoms with E-state index in [9.17, 15) is 0 Å². The minimum absolute atomic E-state index is 0.480. The predicted octanol–water partition coefficient (Wildman–Crippen LogP) is 0.805. The summed E-state index contributed by atoms with van der Waals surface area (Å²) in [5.74, 6) is 1.25. The fourth-order valence-electron chi connectivity index (χ4n) is 1.78. The number of rotatable bonds is 3. The first-order chi connectivity index (χ1) is 7.29. The van der Waals surface area contributed by atoms with Crippen LogP contribution in [0.1, 0.15) is 18.5 Å². The van der Waals surface area contributed by atoms with Crippen molar-refractivity contribution in [2.24, 2.45) is 0 Å². The predicted molar refractivity (Wildman–Crippen MR) is 58.6 cm³/mol. The van der Waals surface area contributed by atoms with Gasteiger partial charge in [-0.15, -0.1) is 0 Å². The molecule has 82 valence electrons. The van der Waals surface area contributed by atoms with Crippen LogP contribution < -0.4 is 10.6 Å². The van der Waals surface area contributed by atoms with Gasteiger partial charge in [0.1, 0.15) is 5.82 Å². The van der Waals surface area contributed by atoms with E-state index in [0.29, 0.717) is 12.4 Å². The van der Waals surface area contributed by atoms with Gasteiger partial charge in [0.25, 0.3) is 0 Å². The topological polar surface area (TPSA) is 64.3 Å². The molecule has 1 aromatic heterocycles. The van der Waals surface area contributed by atoms with Gasteiger partial charge in [0.2, 0.25) is 5.95 Å². The van der Waals surface area contributed by atoms with E-state index < -0.39 is 0 Å². The molecule has 2 rings (SSSR count). The highest BCUT2D eigenvalue weighted by Crippen LogP contribution is 2.17. The van der Waals surface area contributed by atoms with Crippen molar-refractivity contribution in [3.05, 3.63) is 11.8 Å². The summed E-state index contributed by atoms with van der Waals surface area (Å²) in [6.07, 6.45) is 2.41. The van der Waals surface area contributed by atoms with Crippen LogP contribution in [-0.2, 0) is 11.3 Å². The Hall–Kier alpha value is -1.36. The van der Waals surface area contributed by atoms with Gasteiger partial charge in [-0.3, -0.25) is 0 Å². The van der Waals surface area contributed by atoms with Gasteiger partial charge in [-0.25, -0.2) is 4.98 Å². The summed E-state index contributed by atoms with van der Waals surface area (Å²) >= 11 is 0. The number of aromatic nitrogens is 2.